The van der Waals surface area contributed by atoms with Crippen molar-refractivity contribution < 1.29 is 68.5 Å². The smallest absolute Gasteiger partial charge is 0.756 e. The summed E-state index contributed by atoms with van der Waals surface area (Å²) in [5.41, 5.74) is 0. The molecule has 0 bridgehead atoms. The summed E-state index contributed by atoms with van der Waals surface area (Å²) in [5, 5.41) is 17.7. The van der Waals surface area contributed by atoms with Crippen LogP contribution in [0.15, 0.2) is 12.2 Å². The monoisotopic (exact) mass is 476 g/mol. The van der Waals surface area contributed by atoms with E-state index in [0.29, 0.717) is 6.42 Å². The van der Waals surface area contributed by atoms with Crippen molar-refractivity contribution in [2.45, 2.75) is 103 Å². The molecule has 180 valence electrons. The molecule has 1 unspecified atom stereocenters. The first kappa shape index (κ1) is 35.8. The Hall–Kier alpha value is 0.240. The average Bonchev–Trinajstić information content (AvgIpc) is 2.67. The molecule has 4 N–H and O–H groups in total. The van der Waals surface area contributed by atoms with E-state index in [-0.39, 0.29) is 48.7 Å². The van der Waals surface area contributed by atoms with Crippen molar-refractivity contribution in [1.29, 1.82) is 0 Å². The van der Waals surface area contributed by atoms with E-state index in [1.165, 1.54) is 57.8 Å². The molecule has 0 fully saturated rings. The summed E-state index contributed by atoms with van der Waals surface area (Å²) in [6.07, 6.45) is 20.1. The molecular weight excluding hydrogens is 434 g/mol. The standard InChI is InChI=1S/C21H40O4.Na.H3O4P/c1-2-3-4-5-6-7-8-9-10-11-12-13-14-15-16-17-21(24)25-19-20(23)18-22;;1-5(2,3)4/h9-10,20,22-23H,2-8,11-19H2,1H3;;(H3,1,2,3,4)/q;+1;/p-1/b10-9-;;. The van der Waals surface area contributed by atoms with Gasteiger partial charge in [-0.3, -0.25) is 9.36 Å². The number of carbonyl (C=O) groups is 1. The zero-order valence-corrected chi connectivity index (χ0v) is 22.3. The van der Waals surface area contributed by atoms with Crippen LogP contribution in [0.2, 0.25) is 0 Å². The van der Waals surface area contributed by atoms with Crippen molar-refractivity contribution in [3.05, 3.63) is 12.2 Å². The van der Waals surface area contributed by atoms with E-state index in [1.54, 1.807) is 0 Å². The Bertz CT molecular complexity index is 448. The third-order valence-electron chi connectivity index (χ3n) is 4.29. The van der Waals surface area contributed by atoms with Crippen molar-refractivity contribution in [1.82, 2.24) is 0 Å². The fourth-order valence-corrected chi connectivity index (χ4v) is 2.65. The number of aliphatic hydroxyl groups excluding tert-OH is 2. The van der Waals surface area contributed by atoms with E-state index in [2.05, 4.69) is 19.1 Å². The van der Waals surface area contributed by atoms with Gasteiger partial charge in [-0.05, 0) is 32.1 Å². The Labute approximate surface area is 210 Å². The maximum Gasteiger partial charge on any atom is 1.00 e. The maximum absolute atomic E-state index is 11.4. The number of allylic oxidation sites excluding steroid dienone is 2. The predicted octanol–water partition coefficient (Wildman–Crippen LogP) is 0.364. The van der Waals surface area contributed by atoms with Gasteiger partial charge in [0.1, 0.15) is 12.7 Å². The van der Waals surface area contributed by atoms with Gasteiger partial charge in [-0.1, -0.05) is 70.4 Å². The minimum atomic E-state index is -4.89. The molecule has 10 heteroatoms. The number of ether oxygens (including phenoxy) is 1. The van der Waals surface area contributed by atoms with Crippen LogP contribution >= 0.6 is 7.82 Å². The van der Waals surface area contributed by atoms with Crippen LogP contribution in [0.4, 0.5) is 0 Å². The second-order valence-corrected chi connectivity index (χ2v) is 8.33. The van der Waals surface area contributed by atoms with E-state index >= 15 is 0 Å². The van der Waals surface area contributed by atoms with Gasteiger partial charge in [0.25, 0.3) is 7.82 Å². The largest absolute Gasteiger partial charge is 1.00 e. The van der Waals surface area contributed by atoms with E-state index in [1.807, 2.05) is 0 Å². The molecule has 0 rings (SSSR count). The van der Waals surface area contributed by atoms with Gasteiger partial charge in [-0.15, -0.1) is 0 Å². The van der Waals surface area contributed by atoms with Gasteiger partial charge in [0.2, 0.25) is 0 Å². The average molecular weight is 477 g/mol. The third kappa shape index (κ3) is 41.0. The van der Waals surface area contributed by atoms with E-state index in [4.69, 9.17) is 34.2 Å². The van der Waals surface area contributed by atoms with Crippen molar-refractivity contribution >= 4 is 13.8 Å². The number of hydrogen-bond acceptors (Lipinski definition) is 6. The van der Waals surface area contributed by atoms with Gasteiger partial charge in [0, 0.05) is 6.42 Å². The summed E-state index contributed by atoms with van der Waals surface area (Å²) in [7, 11) is -4.89. The SMILES string of the molecule is CCCCCCCC/C=C\CCCCCCCC(=O)OCC(O)CO.O=P([O-])(O)O.[Na+]. The second-order valence-electron chi connectivity index (χ2n) is 7.34. The quantitative estimate of drug-likeness (QED) is 0.0729. The fraction of sp³-hybridized carbons (Fsp3) is 0.857. The molecule has 0 aliphatic carbocycles. The van der Waals surface area contributed by atoms with Crippen LogP contribution in [-0.4, -0.2) is 45.3 Å². The molecule has 8 nitrogen and oxygen atoms in total. The molecule has 0 aromatic carbocycles. The van der Waals surface area contributed by atoms with Crippen molar-refractivity contribution in [3.8, 4) is 0 Å². The fourth-order valence-electron chi connectivity index (χ4n) is 2.65. The van der Waals surface area contributed by atoms with E-state index in [0.717, 1.165) is 25.7 Å². The minimum Gasteiger partial charge on any atom is -0.756 e. The molecule has 0 saturated carbocycles. The van der Waals surface area contributed by atoms with Gasteiger partial charge in [-0.2, -0.15) is 0 Å². The third-order valence-corrected chi connectivity index (χ3v) is 4.29. The molecule has 0 amide bonds. The summed E-state index contributed by atoms with van der Waals surface area (Å²) in [4.78, 5) is 34.3. The molecule has 0 aromatic heterocycles. The van der Waals surface area contributed by atoms with Crippen LogP contribution in [0.3, 0.4) is 0 Å². The summed E-state index contributed by atoms with van der Waals surface area (Å²) >= 11 is 0. The Kier molecular flexibility index (Phi) is 30.6. The molecule has 0 aliphatic heterocycles. The van der Waals surface area contributed by atoms with Crippen LogP contribution in [-0.2, 0) is 14.1 Å². The van der Waals surface area contributed by atoms with Gasteiger partial charge in [-0.25, -0.2) is 0 Å². The molecule has 0 saturated heterocycles. The predicted molar refractivity (Wildman–Crippen MR) is 116 cm³/mol. The first-order chi connectivity index (χ1) is 14.2. The van der Waals surface area contributed by atoms with Gasteiger partial charge < -0.3 is 29.6 Å². The first-order valence-corrected chi connectivity index (χ1v) is 12.6. The Morgan fingerprint density at radius 2 is 1.35 bits per heavy atom. The number of carbonyl (C=O) groups excluding carboxylic acids is 1. The molecule has 0 heterocycles. The molecule has 0 radical (unpaired) electrons. The summed E-state index contributed by atoms with van der Waals surface area (Å²) in [6.45, 7) is 1.77. The van der Waals surface area contributed by atoms with Crippen LogP contribution in [0.1, 0.15) is 96.8 Å². The van der Waals surface area contributed by atoms with Gasteiger partial charge in [0.15, 0.2) is 0 Å². The van der Waals surface area contributed by atoms with Crippen LogP contribution < -0.4 is 34.5 Å². The van der Waals surface area contributed by atoms with Crippen molar-refractivity contribution in [2.75, 3.05) is 13.2 Å². The number of hydrogen-bond donors (Lipinski definition) is 4. The molecular formula is C21H42NaO8P. The molecule has 31 heavy (non-hydrogen) atoms. The van der Waals surface area contributed by atoms with Gasteiger partial charge >= 0.3 is 35.5 Å². The Morgan fingerprint density at radius 1 is 0.935 bits per heavy atom. The maximum atomic E-state index is 11.4. The molecule has 0 spiro atoms. The Balaban J connectivity index is -0.00000116. The topological polar surface area (TPSA) is 147 Å². The van der Waals surface area contributed by atoms with E-state index in [9.17, 15) is 4.79 Å². The first-order valence-electron chi connectivity index (χ1n) is 11.1. The van der Waals surface area contributed by atoms with Crippen LogP contribution in [0.5, 0.6) is 0 Å². The van der Waals surface area contributed by atoms with Crippen LogP contribution in [0, 0.1) is 0 Å². The number of unbranched alkanes of at least 4 members (excludes halogenated alkanes) is 11. The zero-order valence-electron chi connectivity index (χ0n) is 19.4. The number of rotatable bonds is 18. The van der Waals surface area contributed by atoms with Crippen molar-refractivity contribution in [3.63, 3.8) is 0 Å². The summed E-state index contributed by atoms with van der Waals surface area (Å²) in [6, 6.07) is 0. The zero-order chi connectivity index (χ0) is 23.1. The van der Waals surface area contributed by atoms with Crippen molar-refractivity contribution in [2.24, 2.45) is 0 Å². The Morgan fingerprint density at radius 3 is 1.81 bits per heavy atom. The molecule has 0 aromatic rings. The number of aliphatic hydroxyl groups is 2. The summed E-state index contributed by atoms with van der Waals surface area (Å²) in [5.74, 6) is -0.287. The van der Waals surface area contributed by atoms with Crippen LogP contribution in [0.25, 0.3) is 0 Å². The number of esters is 1. The molecule has 0 aliphatic rings. The summed E-state index contributed by atoms with van der Waals surface area (Å²) < 4.78 is 13.6. The number of phosphoric acid groups is 1. The normalized spacial score (nSPS) is 12.1. The van der Waals surface area contributed by atoms with Gasteiger partial charge in [0.05, 0.1) is 6.61 Å². The second kappa shape index (κ2) is 26.5. The minimum absolute atomic E-state index is 0. The molecule has 1 atom stereocenters. The van der Waals surface area contributed by atoms with E-state index < -0.39 is 13.9 Å².